The average Bonchev–Trinajstić information content (AvgIpc) is 3.22. The SMILES string of the molecule is O=C(NCC1CC1)C1=NO[C@@]2(CCN(C(=O)c3ccccn3)C2)C1. The third-order valence-electron chi connectivity index (χ3n) is 4.84. The maximum absolute atomic E-state index is 12.5. The number of likely N-dealkylation sites (tertiary alicyclic amines) is 1. The van der Waals surface area contributed by atoms with Crippen molar-refractivity contribution in [2.75, 3.05) is 19.6 Å². The summed E-state index contributed by atoms with van der Waals surface area (Å²) in [6.07, 6.45) is 5.12. The van der Waals surface area contributed by atoms with E-state index in [0.717, 1.165) is 6.54 Å². The third kappa shape index (κ3) is 2.98. The minimum absolute atomic E-state index is 0.109. The van der Waals surface area contributed by atoms with Crippen molar-refractivity contribution in [1.82, 2.24) is 15.2 Å². The molecule has 1 aromatic heterocycles. The van der Waals surface area contributed by atoms with Gasteiger partial charge in [-0.3, -0.25) is 14.6 Å². The molecule has 1 saturated carbocycles. The molecule has 1 saturated heterocycles. The normalized spacial score (nSPS) is 25.5. The fraction of sp³-hybridized carbons (Fsp3) is 0.529. The number of pyridine rings is 1. The van der Waals surface area contributed by atoms with Crippen LogP contribution in [0.5, 0.6) is 0 Å². The van der Waals surface area contributed by atoms with Crippen LogP contribution in [0.2, 0.25) is 0 Å². The number of carbonyl (C=O) groups excluding carboxylic acids is 2. The molecule has 1 spiro atoms. The predicted molar refractivity (Wildman–Crippen MR) is 86.4 cm³/mol. The number of hydrogen-bond donors (Lipinski definition) is 1. The Labute approximate surface area is 140 Å². The number of oxime groups is 1. The largest absolute Gasteiger partial charge is 0.386 e. The van der Waals surface area contributed by atoms with Crippen LogP contribution in [0.1, 0.15) is 36.2 Å². The van der Waals surface area contributed by atoms with Gasteiger partial charge < -0.3 is 15.1 Å². The lowest BCUT2D eigenvalue weighted by Crippen LogP contribution is -2.39. The van der Waals surface area contributed by atoms with Crippen LogP contribution < -0.4 is 5.32 Å². The van der Waals surface area contributed by atoms with E-state index in [-0.39, 0.29) is 11.8 Å². The van der Waals surface area contributed by atoms with Gasteiger partial charge in [-0.2, -0.15) is 0 Å². The van der Waals surface area contributed by atoms with Crippen molar-refractivity contribution >= 4 is 17.5 Å². The minimum Gasteiger partial charge on any atom is -0.386 e. The number of rotatable bonds is 4. The molecule has 7 heteroatoms. The minimum atomic E-state index is -0.559. The summed E-state index contributed by atoms with van der Waals surface area (Å²) < 4.78 is 0. The van der Waals surface area contributed by atoms with Gasteiger partial charge in [0.25, 0.3) is 11.8 Å². The van der Waals surface area contributed by atoms with E-state index in [0.29, 0.717) is 43.3 Å². The number of nitrogens with zero attached hydrogens (tertiary/aromatic N) is 3. The summed E-state index contributed by atoms with van der Waals surface area (Å²) in [7, 11) is 0. The Balaban J connectivity index is 1.35. The van der Waals surface area contributed by atoms with Gasteiger partial charge in [-0.25, -0.2) is 0 Å². The Kier molecular flexibility index (Phi) is 3.70. The molecule has 3 heterocycles. The summed E-state index contributed by atoms with van der Waals surface area (Å²) >= 11 is 0. The molecule has 0 radical (unpaired) electrons. The fourth-order valence-electron chi connectivity index (χ4n) is 3.19. The highest BCUT2D eigenvalue weighted by Gasteiger charge is 2.48. The second kappa shape index (κ2) is 5.89. The number of amides is 2. The first-order valence-electron chi connectivity index (χ1n) is 8.39. The van der Waals surface area contributed by atoms with Gasteiger partial charge in [0.15, 0.2) is 5.60 Å². The molecule has 24 heavy (non-hydrogen) atoms. The summed E-state index contributed by atoms with van der Waals surface area (Å²) in [6.45, 7) is 1.74. The molecule has 1 N–H and O–H groups in total. The van der Waals surface area contributed by atoms with Crippen LogP contribution >= 0.6 is 0 Å². The summed E-state index contributed by atoms with van der Waals surface area (Å²) in [5.41, 5.74) is 0.301. The standard InChI is InChI=1S/C17H20N4O3/c22-15(19-10-12-4-5-12)14-9-17(24-20-14)6-8-21(11-17)16(23)13-3-1-2-7-18-13/h1-3,7,12H,4-6,8-11H2,(H,19,22)/t17-/m0/s1. The van der Waals surface area contributed by atoms with E-state index in [9.17, 15) is 9.59 Å². The molecule has 126 valence electrons. The highest BCUT2D eigenvalue weighted by Crippen LogP contribution is 2.34. The van der Waals surface area contributed by atoms with Crippen molar-refractivity contribution in [3.63, 3.8) is 0 Å². The summed E-state index contributed by atoms with van der Waals surface area (Å²) in [5.74, 6) is 0.375. The van der Waals surface area contributed by atoms with Gasteiger partial charge in [-0.1, -0.05) is 11.2 Å². The Morgan fingerprint density at radius 2 is 2.25 bits per heavy atom. The third-order valence-corrected chi connectivity index (χ3v) is 4.84. The van der Waals surface area contributed by atoms with E-state index in [2.05, 4.69) is 15.5 Å². The van der Waals surface area contributed by atoms with Crippen LogP contribution in [-0.2, 0) is 9.63 Å². The Bertz CT molecular complexity index is 686. The van der Waals surface area contributed by atoms with Crippen molar-refractivity contribution in [2.24, 2.45) is 11.1 Å². The van der Waals surface area contributed by atoms with Gasteiger partial charge in [-0.05, 0) is 30.9 Å². The van der Waals surface area contributed by atoms with E-state index in [1.807, 2.05) is 0 Å². The summed E-state index contributed by atoms with van der Waals surface area (Å²) in [6, 6.07) is 5.28. The topological polar surface area (TPSA) is 83.9 Å². The molecular formula is C17H20N4O3. The second-order valence-corrected chi connectivity index (χ2v) is 6.83. The molecular weight excluding hydrogens is 308 g/mol. The zero-order valence-electron chi connectivity index (χ0n) is 13.4. The predicted octanol–water partition coefficient (Wildman–Crippen LogP) is 0.969. The zero-order valence-corrected chi connectivity index (χ0v) is 13.4. The van der Waals surface area contributed by atoms with Gasteiger partial charge in [0.1, 0.15) is 11.4 Å². The molecule has 2 amide bonds. The van der Waals surface area contributed by atoms with Crippen LogP contribution in [-0.4, -0.2) is 52.6 Å². The van der Waals surface area contributed by atoms with Crippen LogP contribution in [0.3, 0.4) is 0 Å². The maximum atomic E-state index is 12.5. The highest BCUT2D eigenvalue weighted by molar-refractivity contribution is 6.39. The molecule has 4 rings (SSSR count). The Morgan fingerprint density at radius 1 is 1.38 bits per heavy atom. The molecule has 1 aliphatic carbocycles. The lowest BCUT2D eigenvalue weighted by Gasteiger charge is -2.21. The molecule has 3 aliphatic rings. The van der Waals surface area contributed by atoms with E-state index in [1.165, 1.54) is 12.8 Å². The highest BCUT2D eigenvalue weighted by atomic mass is 16.7. The first-order valence-corrected chi connectivity index (χ1v) is 8.39. The Hall–Kier alpha value is -2.44. The van der Waals surface area contributed by atoms with Crippen molar-refractivity contribution < 1.29 is 14.4 Å². The summed E-state index contributed by atoms with van der Waals surface area (Å²) in [4.78, 5) is 36.0. The number of aromatic nitrogens is 1. The fourth-order valence-corrected chi connectivity index (χ4v) is 3.19. The zero-order chi connectivity index (χ0) is 16.6. The van der Waals surface area contributed by atoms with Crippen LogP contribution in [0.15, 0.2) is 29.6 Å². The second-order valence-electron chi connectivity index (χ2n) is 6.83. The Morgan fingerprint density at radius 3 is 3.00 bits per heavy atom. The first kappa shape index (κ1) is 15.1. The summed E-state index contributed by atoms with van der Waals surface area (Å²) in [5, 5.41) is 6.90. The first-order chi connectivity index (χ1) is 11.7. The van der Waals surface area contributed by atoms with E-state index in [1.54, 1.807) is 29.3 Å². The molecule has 1 atom stereocenters. The van der Waals surface area contributed by atoms with Gasteiger partial charge in [0.2, 0.25) is 0 Å². The average molecular weight is 328 g/mol. The number of carbonyl (C=O) groups is 2. The number of hydrogen-bond acceptors (Lipinski definition) is 5. The van der Waals surface area contributed by atoms with Crippen LogP contribution in [0.4, 0.5) is 0 Å². The molecule has 2 aliphatic heterocycles. The molecule has 2 fully saturated rings. The molecule has 1 aromatic rings. The van der Waals surface area contributed by atoms with Crippen LogP contribution in [0.25, 0.3) is 0 Å². The van der Waals surface area contributed by atoms with Crippen molar-refractivity contribution in [3.8, 4) is 0 Å². The van der Waals surface area contributed by atoms with Crippen molar-refractivity contribution in [1.29, 1.82) is 0 Å². The monoisotopic (exact) mass is 328 g/mol. The molecule has 7 nitrogen and oxygen atoms in total. The van der Waals surface area contributed by atoms with Crippen molar-refractivity contribution in [2.45, 2.75) is 31.3 Å². The molecule has 0 bridgehead atoms. The van der Waals surface area contributed by atoms with Gasteiger partial charge in [-0.15, -0.1) is 0 Å². The molecule has 0 unspecified atom stereocenters. The molecule has 0 aromatic carbocycles. The van der Waals surface area contributed by atoms with Gasteiger partial charge in [0, 0.05) is 32.1 Å². The van der Waals surface area contributed by atoms with E-state index in [4.69, 9.17) is 4.84 Å². The van der Waals surface area contributed by atoms with Crippen molar-refractivity contribution in [3.05, 3.63) is 30.1 Å². The maximum Gasteiger partial charge on any atom is 0.272 e. The lowest BCUT2D eigenvalue weighted by molar-refractivity contribution is -0.115. The smallest absolute Gasteiger partial charge is 0.272 e. The lowest BCUT2D eigenvalue weighted by atomic mass is 9.96. The van der Waals surface area contributed by atoms with Gasteiger partial charge >= 0.3 is 0 Å². The van der Waals surface area contributed by atoms with Gasteiger partial charge in [0.05, 0.1) is 6.54 Å². The van der Waals surface area contributed by atoms with Crippen LogP contribution in [0, 0.1) is 5.92 Å². The quantitative estimate of drug-likeness (QED) is 0.892. The van der Waals surface area contributed by atoms with E-state index < -0.39 is 5.60 Å². The number of nitrogens with one attached hydrogen (secondary N) is 1. The van der Waals surface area contributed by atoms with E-state index >= 15 is 0 Å².